The first-order valence-corrected chi connectivity index (χ1v) is 9.02. The van der Waals surface area contributed by atoms with Gasteiger partial charge in [-0.15, -0.1) is 0 Å². The van der Waals surface area contributed by atoms with Crippen LogP contribution in [0.25, 0.3) is 0 Å². The maximum absolute atomic E-state index is 12.5. The first-order chi connectivity index (χ1) is 11.0. The van der Waals surface area contributed by atoms with Gasteiger partial charge in [-0.1, -0.05) is 5.16 Å². The lowest BCUT2D eigenvalue weighted by atomic mass is 10.2. The summed E-state index contributed by atoms with van der Waals surface area (Å²) in [6.07, 6.45) is 1.93. The zero-order valence-corrected chi connectivity index (χ0v) is 14.0. The summed E-state index contributed by atoms with van der Waals surface area (Å²) in [5, 5.41) is 3.68. The van der Waals surface area contributed by atoms with Crippen molar-refractivity contribution in [1.29, 1.82) is 0 Å². The van der Waals surface area contributed by atoms with Crippen LogP contribution in [-0.2, 0) is 16.6 Å². The molecule has 0 bridgehead atoms. The molecule has 3 heterocycles. The molecule has 9 heteroatoms. The van der Waals surface area contributed by atoms with Crippen LogP contribution in [0.3, 0.4) is 0 Å². The molecule has 0 saturated carbocycles. The molecule has 0 aromatic carbocycles. The number of aryl methyl sites for hydroxylation is 2. The van der Waals surface area contributed by atoms with Crippen LogP contribution in [0.4, 0.5) is 0 Å². The van der Waals surface area contributed by atoms with E-state index in [2.05, 4.69) is 14.9 Å². The van der Waals surface area contributed by atoms with E-state index in [1.54, 1.807) is 6.92 Å². The van der Waals surface area contributed by atoms with Crippen LogP contribution in [0.1, 0.15) is 42.1 Å². The van der Waals surface area contributed by atoms with Gasteiger partial charge in [0.1, 0.15) is 11.5 Å². The summed E-state index contributed by atoms with van der Waals surface area (Å²) in [5.74, 6) is 2.43. The molecule has 1 fully saturated rings. The van der Waals surface area contributed by atoms with E-state index in [9.17, 15) is 8.42 Å². The summed E-state index contributed by atoms with van der Waals surface area (Å²) in [6.45, 7) is 4.27. The molecule has 1 atom stereocenters. The minimum Gasteiger partial charge on any atom is -0.465 e. The van der Waals surface area contributed by atoms with E-state index in [0.717, 1.165) is 18.6 Å². The zero-order chi connectivity index (χ0) is 16.4. The smallest absolute Gasteiger partial charge is 0.280 e. The number of hydrogen-bond acceptors (Lipinski definition) is 6. The Kier molecular flexibility index (Phi) is 4.51. The van der Waals surface area contributed by atoms with Gasteiger partial charge < -0.3 is 8.94 Å². The van der Waals surface area contributed by atoms with Crippen LogP contribution < -0.4 is 4.72 Å². The lowest BCUT2D eigenvalue weighted by molar-refractivity contribution is 0.329. The van der Waals surface area contributed by atoms with Gasteiger partial charge in [0.05, 0.1) is 6.04 Å². The summed E-state index contributed by atoms with van der Waals surface area (Å²) in [4.78, 5) is 4.05. The van der Waals surface area contributed by atoms with E-state index in [1.807, 2.05) is 19.1 Å². The minimum absolute atomic E-state index is 0.213. The van der Waals surface area contributed by atoms with Crippen LogP contribution >= 0.6 is 0 Å². The normalized spacial score (nSPS) is 19.5. The average Bonchev–Trinajstić information content (AvgIpc) is 3.19. The lowest BCUT2D eigenvalue weighted by Crippen LogP contribution is -2.41. The molecule has 1 aliphatic heterocycles. The molecule has 0 radical (unpaired) electrons. The Bertz CT molecular complexity index is 767. The molecule has 2 aromatic rings. The van der Waals surface area contributed by atoms with Gasteiger partial charge in [0, 0.05) is 19.5 Å². The molecule has 1 N–H and O–H groups in total. The van der Waals surface area contributed by atoms with E-state index in [4.69, 9.17) is 8.94 Å². The fraction of sp³-hybridized carbons (Fsp3) is 0.571. The van der Waals surface area contributed by atoms with Crippen molar-refractivity contribution in [3.63, 3.8) is 0 Å². The molecular weight excluding hydrogens is 320 g/mol. The Morgan fingerprint density at radius 2 is 2.22 bits per heavy atom. The predicted molar refractivity (Wildman–Crippen MR) is 81.8 cm³/mol. The number of aromatic nitrogens is 2. The molecule has 126 valence electrons. The predicted octanol–water partition coefficient (Wildman–Crippen LogP) is 1.49. The van der Waals surface area contributed by atoms with Crippen molar-refractivity contribution >= 4 is 10.2 Å². The van der Waals surface area contributed by atoms with E-state index in [1.165, 1.54) is 4.31 Å². The first-order valence-electron chi connectivity index (χ1n) is 7.57. The number of nitrogens with one attached hydrogen (secondary N) is 1. The topological polar surface area (TPSA) is 101 Å². The van der Waals surface area contributed by atoms with Crippen molar-refractivity contribution in [2.75, 3.05) is 13.1 Å². The van der Waals surface area contributed by atoms with Gasteiger partial charge in [0.15, 0.2) is 5.82 Å². The maximum Gasteiger partial charge on any atom is 0.280 e. The van der Waals surface area contributed by atoms with Crippen LogP contribution in [0, 0.1) is 13.8 Å². The second-order valence-electron chi connectivity index (χ2n) is 5.60. The highest BCUT2D eigenvalue weighted by atomic mass is 32.2. The van der Waals surface area contributed by atoms with Gasteiger partial charge in [-0.05, 0) is 38.8 Å². The van der Waals surface area contributed by atoms with Gasteiger partial charge >= 0.3 is 0 Å². The molecule has 0 amide bonds. The van der Waals surface area contributed by atoms with Gasteiger partial charge in [-0.25, -0.2) is 4.72 Å². The molecule has 2 aromatic heterocycles. The zero-order valence-electron chi connectivity index (χ0n) is 13.2. The molecular formula is C14H20N4O4S. The lowest BCUT2D eigenvalue weighted by Gasteiger charge is -2.22. The fourth-order valence-corrected chi connectivity index (χ4v) is 4.20. The van der Waals surface area contributed by atoms with Gasteiger partial charge in [0.2, 0.25) is 5.89 Å². The highest BCUT2D eigenvalue weighted by Crippen LogP contribution is 2.34. The molecule has 1 saturated heterocycles. The molecule has 3 rings (SSSR count). The second kappa shape index (κ2) is 6.42. The Morgan fingerprint density at radius 3 is 2.87 bits per heavy atom. The molecule has 0 aliphatic carbocycles. The third-order valence-corrected chi connectivity index (χ3v) is 5.42. The highest BCUT2D eigenvalue weighted by Gasteiger charge is 2.36. The van der Waals surface area contributed by atoms with E-state index in [0.29, 0.717) is 30.4 Å². The quantitative estimate of drug-likeness (QED) is 0.855. The van der Waals surface area contributed by atoms with Crippen LogP contribution in [0.2, 0.25) is 0 Å². The third kappa shape index (κ3) is 3.62. The number of rotatable bonds is 6. The largest absolute Gasteiger partial charge is 0.465 e. The highest BCUT2D eigenvalue weighted by molar-refractivity contribution is 7.87. The maximum atomic E-state index is 12.5. The van der Waals surface area contributed by atoms with E-state index >= 15 is 0 Å². The molecule has 0 spiro atoms. The molecule has 0 unspecified atom stereocenters. The Hall–Kier alpha value is -1.71. The van der Waals surface area contributed by atoms with Crippen molar-refractivity contribution in [3.8, 4) is 0 Å². The second-order valence-corrected chi connectivity index (χ2v) is 7.31. The number of hydrogen-bond donors (Lipinski definition) is 1. The summed E-state index contributed by atoms with van der Waals surface area (Å²) in [7, 11) is -3.58. The van der Waals surface area contributed by atoms with Crippen LogP contribution in [0.15, 0.2) is 21.1 Å². The Labute approximate surface area is 135 Å². The molecule has 8 nitrogen and oxygen atoms in total. The summed E-state index contributed by atoms with van der Waals surface area (Å²) in [6, 6.07) is 3.45. The monoisotopic (exact) mass is 340 g/mol. The third-order valence-electron chi connectivity index (χ3n) is 3.79. The molecule has 1 aliphatic rings. The van der Waals surface area contributed by atoms with Gasteiger partial charge in [-0.3, -0.25) is 0 Å². The minimum atomic E-state index is -3.58. The molecule has 23 heavy (non-hydrogen) atoms. The SMILES string of the molecule is Cc1noc(CCNS(=O)(=O)N2CCC[C@H]2c2ccc(C)o2)n1. The number of furan rings is 1. The van der Waals surface area contributed by atoms with Crippen molar-refractivity contribution in [1.82, 2.24) is 19.2 Å². The van der Waals surface area contributed by atoms with Gasteiger partial charge in [-0.2, -0.15) is 17.7 Å². The fourth-order valence-electron chi connectivity index (χ4n) is 2.76. The van der Waals surface area contributed by atoms with Crippen LogP contribution in [0.5, 0.6) is 0 Å². The standard InChI is InChI=1S/C14H20N4O4S/c1-10-5-6-13(21-10)12-4-3-9-18(12)23(19,20)15-8-7-14-16-11(2)17-22-14/h5-6,12,15H,3-4,7-9H2,1-2H3/t12-/m0/s1. The summed E-state index contributed by atoms with van der Waals surface area (Å²) >= 11 is 0. The van der Waals surface area contributed by atoms with E-state index in [-0.39, 0.29) is 12.6 Å². The number of nitrogens with zero attached hydrogens (tertiary/aromatic N) is 3. The average molecular weight is 340 g/mol. The van der Waals surface area contributed by atoms with Crippen molar-refractivity contribution in [2.24, 2.45) is 0 Å². The summed E-state index contributed by atoms with van der Waals surface area (Å²) < 4.78 is 39.7. The van der Waals surface area contributed by atoms with Crippen LogP contribution in [-0.4, -0.2) is 36.0 Å². The Balaban J connectivity index is 1.63. The van der Waals surface area contributed by atoms with Crippen molar-refractivity contribution in [3.05, 3.63) is 35.4 Å². The first kappa shape index (κ1) is 16.2. The Morgan fingerprint density at radius 1 is 1.39 bits per heavy atom. The summed E-state index contributed by atoms with van der Waals surface area (Å²) in [5.41, 5.74) is 0. The van der Waals surface area contributed by atoms with E-state index < -0.39 is 10.2 Å². The van der Waals surface area contributed by atoms with Crippen molar-refractivity contribution in [2.45, 2.75) is 39.2 Å². The van der Waals surface area contributed by atoms with Crippen molar-refractivity contribution < 1.29 is 17.4 Å². The van der Waals surface area contributed by atoms with Gasteiger partial charge in [0.25, 0.3) is 10.2 Å².